The second-order valence-corrected chi connectivity index (χ2v) is 10.1. The second kappa shape index (κ2) is 9.14. The molecule has 36 heavy (non-hydrogen) atoms. The first-order valence-corrected chi connectivity index (χ1v) is 12.5. The first-order chi connectivity index (χ1) is 17.5. The number of nitrogens with one attached hydrogen (secondary N) is 3. The first kappa shape index (κ1) is 22.9. The number of carboxylic acids is 1. The molecule has 1 aliphatic carbocycles. The minimum atomic E-state index is -0.693. The van der Waals surface area contributed by atoms with Crippen LogP contribution >= 0.6 is 0 Å². The highest BCUT2D eigenvalue weighted by molar-refractivity contribution is 5.90. The van der Waals surface area contributed by atoms with E-state index in [1.54, 1.807) is 0 Å². The van der Waals surface area contributed by atoms with Gasteiger partial charge in [-0.3, -0.25) is 14.5 Å². The molecular formula is C25H30N8O3. The summed E-state index contributed by atoms with van der Waals surface area (Å²) in [6, 6.07) is 8.20. The molecule has 11 heteroatoms. The molecule has 0 amide bonds. The van der Waals surface area contributed by atoms with Crippen LogP contribution in [0.4, 0.5) is 17.5 Å². The maximum absolute atomic E-state index is 12.6. The fourth-order valence-electron chi connectivity index (χ4n) is 5.58. The molecule has 1 aromatic carbocycles. The molecule has 1 spiro atoms. The van der Waals surface area contributed by atoms with Gasteiger partial charge in [-0.1, -0.05) is 12.1 Å². The van der Waals surface area contributed by atoms with Crippen molar-refractivity contribution in [2.45, 2.75) is 25.8 Å². The van der Waals surface area contributed by atoms with E-state index < -0.39 is 5.97 Å². The molecule has 1 atom stereocenters. The van der Waals surface area contributed by atoms with Gasteiger partial charge in [-0.05, 0) is 42.4 Å². The van der Waals surface area contributed by atoms with E-state index >= 15 is 0 Å². The van der Waals surface area contributed by atoms with Gasteiger partial charge in [0.1, 0.15) is 16.7 Å². The summed E-state index contributed by atoms with van der Waals surface area (Å²) in [5, 5.41) is 22.9. The van der Waals surface area contributed by atoms with Crippen LogP contribution in [0, 0.1) is 11.3 Å². The van der Waals surface area contributed by atoms with Crippen molar-refractivity contribution in [2.24, 2.45) is 11.3 Å². The standard InChI is InChI=1S/C25H30N8O3/c34-22-20-19(14-27-31-22)29-24(33-9-5-25(6-10-33)13-18(25)23(35)36)30-21(20)28-17-3-1-16(2-4-17)15-32-11-7-26-8-12-32/h1-4,14,18,26H,5-13,15H2,(H,31,34)(H,35,36)(H,28,29,30)/t18-/m1/s1. The number of hydrogen-bond donors (Lipinski definition) is 4. The van der Waals surface area contributed by atoms with Gasteiger partial charge >= 0.3 is 5.97 Å². The number of carboxylic acid groups (broad SMARTS) is 1. The van der Waals surface area contributed by atoms with Crippen LogP contribution in [0.2, 0.25) is 0 Å². The number of aromatic amines is 1. The number of nitrogens with zero attached hydrogens (tertiary/aromatic N) is 5. The van der Waals surface area contributed by atoms with Gasteiger partial charge in [0.05, 0.1) is 12.1 Å². The van der Waals surface area contributed by atoms with Crippen molar-refractivity contribution >= 4 is 34.3 Å². The van der Waals surface area contributed by atoms with E-state index in [0.717, 1.165) is 57.7 Å². The van der Waals surface area contributed by atoms with Crippen molar-refractivity contribution in [2.75, 3.05) is 49.5 Å². The van der Waals surface area contributed by atoms with Crippen molar-refractivity contribution in [1.82, 2.24) is 30.4 Å². The van der Waals surface area contributed by atoms with E-state index in [-0.39, 0.29) is 16.9 Å². The fourth-order valence-corrected chi connectivity index (χ4v) is 5.58. The van der Waals surface area contributed by atoms with Gasteiger partial charge in [-0.25, -0.2) is 10.1 Å². The van der Waals surface area contributed by atoms with Crippen molar-refractivity contribution in [3.8, 4) is 0 Å². The third kappa shape index (κ3) is 4.40. The molecule has 3 aliphatic rings. The molecule has 4 N–H and O–H groups in total. The summed E-state index contributed by atoms with van der Waals surface area (Å²) in [5.41, 5.74) is 2.11. The first-order valence-electron chi connectivity index (χ1n) is 12.5. The van der Waals surface area contributed by atoms with Crippen LogP contribution in [0.3, 0.4) is 0 Å². The summed E-state index contributed by atoms with van der Waals surface area (Å²) < 4.78 is 0. The number of aromatic nitrogens is 4. The topological polar surface area (TPSA) is 139 Å². The molecule has 0 radical (unpaired) electrons. The van der Waals surface area contributed by atoms with Crippen molar-refractivity contribution in [1.29, 1.82) is 0 Å². The fraction of sp³-hybridized carbons (Fsp3) is 0.480. The maximum atomic E-state index is 12.6. The zero-order chi connectivity index (χ0) is 24.7. The molecular weight excluding hydrogens is 460 g/mol. The zero-order valence-corrected chi connectivity index (χ0v) is 20.0. The lowest BCUT2D eigenvalue weighted by Crippen LogP contribution is -2.42. The summed E-state index contributed by atoms with van der Waals surface area (Å²) >= 11 is 0. The minimum absolute atomic E-state index is 0.0780. The number of piperidine rings is 1. The summed E-state index contributed by atoms with van der Waals surface area (Å²) in [7, 11) is 0. The van der Waals surface area contributed by atoms with Gasteiger partial charge in [0, 0.05) is 51.5 Å². The number of H-pyrrole nitrogens is 1. The Kier molecular flexibility index (Phi) is 5.81. The van der Waals surface area contributed by atoms with Crippen LogP contribution < -0.4 is 21.1 Å². The molecule has 188 valence electrons. The molecule has 6 rings (SSSR count). The highest BCUT2D eigenvalue weighted by Crippen LogP contribution is 2.59. The predicted molar refractivity (Wildman–Crippen MR) is 135 cm³/mol. The summed E-state index contributed by atoms with van der Waals surface area (Å²) in [6.45, 7) is 6.40. The molecule has 3 fully saturated rings. The SMILES string of the molecule is O=C(O)[C@H]1CC12CCN(c1nc(Nc3ccc(CN4CCNCC4)cc3)c3c(=O)[nH]ncc3n1)CC2. The third-order valence-electron chi connectivity index (χ3n) is 7.87. The summed E-state index contributed by atoms with van der Waals surface area (Å²) in [4.78, 5) is 37.9. The summed E-state index contributed by atoms with van der Waals surface area (Å²) in [5.74, 6) is 0.0339. The van der Waals surface area contributed by atoms with E-state index in [1.165, 1.54) is 11.8 Å². The average Bonchev–Trinajstić information content (AvgIpc) is 3.59. The second-order valence-electron chi connectivity index (χ2n) is 10.1. The number of hydrogen-bond acceptors (Lipinski definition) is 9. The highest BCUT2D eigenvalue weighted by atomic mass is 16.4. The van der Waals surface area contributed by atoms with Crippen LogP contribution in [0.5, 0.6) is 0 Å². The van der Waals surface area contributed by atoms with Gasteiger partial charge < -0.3 is 20.6 Å². The van der Waals surface area contributed by atoms with E-state index in [2.05, 4.69) is 47.7 Å². The molecule has 3 aromatic rings. The number of anilines is 3. The monoisotopic (exact) mass is 490 g/mol. The van der Waals surface area contributed by atoms with E-state index in [0.29, 0.717) is 35.8 Å². The van der Waals surface area contributed by atoms with Crippen LogP contribution in [0.1, 0.15) is 24.8 Å². The van der Waals surface area contributed by atoms with Gasteiger partial charge in [0.2, 0.25) is 5.95 Å². The smallest absolute Gasteiger partial charge is 0.307 e. The highest BCUT2D eigenvalue weighted by Gasteiger charge is 2.59. The third-order valence-corrected chi connectivity index (χ3v) is 7.87. The Morgan fingerprint density at radius 2 is 1.86 bits per heavy atom. The van der Waals surface area contributed by atoms with Gasteiger partial charge in [0.15, 0.2) is 0 Å². The Morgan fingerprint density at radius 3 is 2.56 bits per heavy atom. The molecule has 0 unspecified atom stereocenters. The van der Waals surface area contributed by atoms with Crippen LogP contribution in [-0.2, 0) is 11.3 Å². The van der Waals surface area contributed by atoms with E-state index in [9.17, 15) is 14.7 Å². The van der Waals surface area contributed by atoms with Gasteiger partial charge in [0.25, 0.3) is 5.56 Å². The Bertz CT molecular complexity index is 1330. The Labute approximate surface area is 207 Å². The Hall–Kier alpha value is -3.57. The normalized spacial score (nSPS) is 21.6. The average molecular weight is 491 g/mol. The largest absolute Gasteiger partial charge is 0.481 e. The van der Waals surface area contributed by atoms with E-state index in [4.69, 9.17) is 4.98 Å². The number of carbonyl (C=O) groups is 1. The molecule has 2 saturated heterocycles. The lowest BCUT2D eigenvalue weighted by atomic mass is 9.91. The summed E-state index contributed by atoms with van der Waals surface area (Å²) in [6.07, 6.45) is 3.90. The van der Waals surface area contributed by atoms with Crippen LogP contribution in [0.25, 0.3) is 10.9 Å². The Balaban J connectivity index is 1.23. The Morgan fingerprint density at radius 1 is 1.11 bits per heavy atom. The number of aliphatic carboxylic acids is 1. The lowest BCUT2D eigenvalue weighted by Gasteiger charge is -2.32. The number of benzene rings is 1. The molecule has 0 bridgehead atoms. The minimum Gasteiger partial charge on any atom is -0.481 e. The van der Waals surface area contributed by atoms with Gasteiger partial charge in [-0.2, -0.15) is 10.1 Å². The van der Waals surface area contributed by atoms with E-state index in [1.807, 2.05) is 12.1 Å². The maximum Gasteiger partial charge on any atom is 0.307 e. The van der Waals surface area contributed by atoms with Crippen molar-refractivity contribution in [3.63, 3.8) is 0 Å². The van der Waals surface area contributed by atoms with Gasteiger partial charge in [-0.15, -0.1) is 0 Å². The molecule has 11 nitrogen and oxygen atoms in total. The zero-order valence-electron chi connectivity index (χ0n) is 20.0. The van der Waals surface area contributed by atoms with Crippen molar-refractivity contribution < 1.29 is 9.90 Å². The number of rotatable bonds is 6. The van der Waals surface area contributed by atoms with Crippen LogP contribution in [-0.4, -0.2) is 75.4 Å². The van der Waals surface area contributed by atoms with Crippen LogP contribution in [0.15, 0.2) is 35.3 Å². The van der Waals surface area contributed by atoms with Crippen molar-refractivity contribution in [3.05, 3.63) is 46.4 Å². The predicted octanol–water partition coefficient (Wildman–Crippen LogP) is 1.55. The molecule has 4 heterocycles. The molecule has 2 aliphatic heterocycles. The molecule has 1 saturated carbocycles. The number of fused-ring (bicyclic) bond motifs is 1. The quantitative estimate of drug-likeness (QED) is 0.402. The lowest BCUT2D eigenvalue weighted by molar-refractivity contribution is -0.139. The number of piperazine rings is 1. The molecule has 2 aromatic heterocycles.